The fourth-order valence-corrected chi connectivity index (χ4v) is 2.27. The van der Waals surface area contributed by atoms with E-state index in [2.05, 4.69) is 12.3 Å². The number of nitrogens with one attached hydrogen (secondary N) is 1. The molecule has 2 unspecified atom stereocenters. The fourth-order valence-electron chi connectivity index (χ4n) is 2.27. The van der Waals surface area contributed by atoms with E-state index in [4.69, 9.17) is 15.3 Å². The second kappa shape index (κ2) is 8.61. The van der Waals surface area contributed by atoms with E-state index in [0.29, 0.717) is 0 Å². The standard InChI is InChI=1S/C15H25N3O3/c1-11(9-12-7-5-6-8-14(12)21-4)18(2)13(10-20-3)15(19)17-16/h5-8,11,13H,9-10,16H2,1-4H3,(H,17,19). The first-order chi connectivity index (χ1) is 10.0. The van der Waals surface area contributed by atoms with Crippen molar-refractivity contribution in [2.75, 3.05) is 27.9 Å². The molecule has 0 fully saturated rings. The second-order valence-electron chi connectivity index (χ2n) is 5.01. The number of hydrogen-bond donors (Lipinski definition) is 2. The van der Waals surface area contributed by atoms with Gasteiger partial charge in [0.15, 0.2) is 0 Å². The SMILES string of the molecule is COCC(C(=O)NN)N(C)C(C)Cc1ccccc1OC. The Hall–Kier alpha value is -1.63. The molecular weight excluding hydrogens is 270 g/mol. The summed E-state index contributed by atoms with van der Waals surface area (Å²) in [5.41, 5.74) is 3.29. The Balaban J connectivity index is 2.80. The van der Waals surface area contributed by atoms with Gasteiger partial charge in [-0.3, -0.25) is 15.1 Å². The number of ether oxygens (including phenoxy) is 2. The number of nitrogens with two attached hydrogens (primary N) is 1. The zero-order valence-electron chi connectivity index (χ0n) is 13.1. The summed E-state index contributed by atoms with van der Waals surface area (Å²) in [6.07, 6.45) is 0.762. The lowest BCUT2D eigenvalue weighted by Crippen LogP contribution is -2.53. The number of nitrogens with zero attached hydrogens (tertiary/aromatic N) is 1. The number of hydrazine groups is 1. The zero-order valence-corrected chi connectivity index (χ0v) is 13.1. The molecule has 0 saturated heterocycles. The Bertz CT molecular complexity index is 454. The molecule has 1 aromatic rings. The maximum absolute atomic E-state index is 11.8. The number of rotatable bonds is 8. The van der Waals surface area contributed by atoms with Crippen molar-refractivity contribution in [3.8, 4) is 5.75 Å². The highest BCUT2D eigenvalue weighted by Crippen LogP contribution is 2.20. The molecule has 2 atom stereocenters. The lowest BCUT2D eigenvalue weighted by atomic mass is 10.0. The predicted octanol–water partition coefficient (Wildman–Crippen LogP) is 0.563. The molecule has 1 rings (SSSR count). The van der Waals surface area contributed by atoms with E-state index >= 15 is 0 Å². The van der Waals surface area contributed by atoms with Crippen LogP contribution in [0, 0.1) is 0 Å². The van der Waals surface area contributed by atoms with Crippen LogP contribution < -0.4 is 16.0 Å². The maximum Gasteiger partial charge on any atom is 0.253 e. The average Bonchev–Trinajstić information content (AvgIpc) is 2.51. The molecule has 0 spiro atoms. The van der Waals surface area contributed by atoms with Crippen LogP contribution in [0.15, 0.2) is 24.3 Å². The van der Waals surface area contributed by atoms with Crippen molar-refractivity contribution >= 4 is 5.91 Å². The number of likely N-dealkylation sites (N-methyl/N-ethyl adjacent to an activating group) is 1. The topological polar surface area (TPSA) is 76.8 Å². The monoisotopic (exact) mass is 295 g/mol. The summed E-state index contributed by atoms with van der Waals surface area (Å²) in [7, 11) is 5.11. The number of para-hydroxylation sites is 1. The van der Waals surface area contributed by atoms with Gasteiger partial charge in [-0.2, -0.15) is 0 Å². The first kappa shape index (κ1) is 17.4. The molecule has 0 bridgehead atoms. The van der Waals surface area contributed by atoms with Crippen LogP contribution in [0.2, 0.25) is 0 Å². The molecular formula is C15H25N3O3. The highest BCUT2D eigenvalue weighted by atomic mass is 16.5. The van der Waals surface area contributed by atoms with E-state index in [9.17, 15) is 4.79 Å². The van der Waals surface area contributed by atoms with Crippen LogP contribution in [0.1, 0.15) is 12.5 Å². The normalized spacial score (nSPS) is 13.8. The van der Waals surface area contributed by atoms with Gasteiger partial charge in [0.1, 0.15) is 11.8 Å². The lowest BCUT2D eigenvalue weighted by molar-refractivity contribution is -0.128. The average molecular weight is 295 g/mol. The highest BCUT2D eigenvalue weighted by Gasteiger charge is 2.26. The van der Waals surface area contributed by atoms with E-state index in [1.54, 1.807) is 14.2 Å². The van der Waals surface area contributed by atoms with Crippen LogP contribution in [0.5, 0.6) is 5.75 Å². The molecule has 0 saturated carbocycles. The number of carbonyl (C=O) groups excluding carboxylic acids is 1. The molecule has 1 aromatic carbocycles. The summed E-state index contributed by atoms with van der Waals surface area (Å²) < 4.78 is 10.5. The van der Waals surface area contributed by atoms with Gasteiger partial charge in [0.2, 0.25) is 0 Å². The summed E-state index contributed by atoms with van der Waals surface area (Å²) in [5, 5.41) is 0. The Kier molecular flexibility index (Phi) is 7.14. The van der Waals surface area contributed by atoms with Gasteiger partial charge in [-0.1, -0.05) is 18.2 Å². The van der Waals surface area contributed by atoms with E-state index in [1.165, 1.54) is 0 Å². The summed E-state index contributed by atoms with van der Waals surface area (Å²) in [4.78, 5) is 13.8. The molecule has 0 aliphatic carbocycles. The zero-order chi connectivity index (χ0) is 15.8. The third kappa shape index (κ3) is 4.70. The van der Waals surface area contributed by atoms with E-state index in [1.807, 2.05) is 36.2 Å². The van der Waals surface area contributed by atoms with E-state index < -0.39 is 6.04 Å². The van der Waals surface area contributed by atoms with E-state index in [-0.39, 0.29) is 18.6 Å². The predicted molar refractivity (Wildman–Crippen MR) is 81.9 cm³/mol. The Morgan fingerprint density at radius 1 is 1.38 bits per heavy atom. The van der Waals surface area contributed by atoms with Crippen LogP contribution in [-0.2, 0) is 16.0 Å². The Morgan fingerprint density at radius 2 is 2.05 bits per heavy atom. The quantitative estimate of drug-likeness (QED) is 0.416. The molecule has 0 aliphatic heterocycles. The van der Waals surface area contributed by atoms with Gasteiger partial charge in [-0.15, -0.1) is 0 Å². The van der Waals surface area contributed by atoms with Crippen LogP contribution in [-0.4, -0.2) is 50.8 Å². The number of methoxy groups -OCH3 is 2. The maximum atomic E-state index is 11.8. The summed E-state index contributed by atoms with van der Waals surface area (Å²) in [5.74, 6) is 5.83. The highest BCUT2D eigenvalue weighted by molar-refractivity contribution is 5.81. The van der Waals surface area contributed by atoms with Crippen molar-refractivity contribution < 1.29 is 14.3 Å². The van der Waals surface area contributed by atoms with Gasteiger partial charge >= 0.3 is 0 Å². The van der Waals surface area contributed by atoms with Crippen molar-refractivity contribution in [3.63, 3.8) is 0 Å². The van der Waals surface area contributed by atoms with Crippen molar-refractivity contribution in [2.45, 2.75) is 25.4 Å². The molecule has 1 amide bonds. The molecule has 118 valence electrons. The molecule has 0 aromatic heterocycles. The minimum Gasteiger partial charge on any atom is -0.496 e. The second-order valence-corrected chi connectivity index (χ2v) is 5.01. The molecule has 0 heterocycles. The first-order valence-electron chi connectivity index (χ1n) is 6.88. The summed E-state index contributed by atoms with van der Waals surface area (Å²) in [6, 6.07) is 7.57. The van der Waals surface area contributed by atoms with Crippen LogP contribution in [0.4, 0.5) is 0 Å². The molecule has 3 N–H and O–H groups in total. The molecule has 6 nitrogen and oxygen atoms in total. The number of benzene rings is 1. The van der Waals surface area contributed by atoms with Crippen molar-refractivity contribution in [2.24, 2.45) is 5.84 Å². The van der Waals surface area contributed by atoms with Gasteiger partial charge in [0, 0.05) is 13.2 Å². The van der Waals surface area contributed by atoms with Crippen LogP contribution in [0.25, 0.3) is 0 Å². The number of carbonyl (C=O) groups is 1. The van der Waals surface area contributed by atoms with Gasteiger partial charge in [0.05, 0.1) is 13.7 Å². The van der Waals surface area contributed by atoms with Gasteiger partial charge in [-0.05, 0) is 32.0 Å². The van der Waals surface area contributed by atoms with Gasteiger partial charge in [-0.25, -0.2) is 5.84 Å². The van der Waals surface area contributed by atoms with Crippen molar-refractivity contribution in [1.29, 1.82) is 0 Å². The third-order valence-electron chi connectivity index (χ3n) is 3.66. The Morgan fingerprint density at radius 3 is 2.62 bits per heavy atom. The van der Waals surface area contributed by atoms with Crippen LogP contribution in [0.3, 0.4) is 0 Å². The number of amides is 1. The largest absolute Gasteiger partial charge is 0.496 e. The van der Waals surface area contributed by atoms with Crippen molar-refractivity contribution in [3.05, 3.63) is 29.8 Å². The Labute approximate surface area is 126 Å². The molecule has 0 radical (unpaired) electrons. The van der Waals surface area contributed by atoms with Crippen molar-refractivity contribution in [1.82, 2.24) is 10.3 Å². The minimum absolute atomic E-state index is 0.124. The summed E-state index contributed by atoms with van der Waals surface area (Å²) in [6.45, 7) is 2.34. The minimum atomic E-state index is -0.426. The smallest absolute Gasteiger partial charge is 0.253 e. The number of hydrogen-bond acceptors (Lipinski definition) is 5. The third-order valence-corrected chi connectivity index (χ3v) is 3.66. The van der Waals surface area contributed by atoms with Gasteiger partial charge in [0.25, 0.3) is 5.91 Å². The van der Waals surface area contributed by atoms with Crippen LogP contribution >= 0.6 is 0 Å². The first-order valence-corrected chi connectivity index (χ1v) is 6.88. The molecule has 21 heavy (non-hydrogen) atoms. The van der Waals surface area contributed by atoms with E-state index in [0.717, 1.165) is 17.7 Å². The van der Waals surface area contributed by atoms with Gasteiger partial charge < -0.3 is 9.47 Å². The summed E-state index contributed by atoms with van der Waals surface area (Å²) >= 11 is 0. The fraction of sp³-hybridized carbons (Fsp3) is 0.533. The molecule has 6 heteroatoms. The molecule has 0 aliphatic rings. The lowest BCUT2D eigenvalue weighted by Gasteiger charge is -2.31.